The summed E-state index contributed by atoms with van der Waals surface area (Å²) >= 11 is 0. The smallest absolute Gasteiger partial charge is 0.317 e. The summed E-state index contributed by atoms with van der Waals surface area (Å²) in [5, 5.41) is 12.0. The van der Waals surface area contributed by atoms with Crippen LogP contribution in [0.1, 0.15) is 46.0 Å². The van der Waals surface area contributed by atoms with Gasteiger partial charge in [-0.2, -0.15) is 0 Å². The van der Waals surface area contributed by atoms with E-state index in [0.717, 1.165) is 44.8 Å². The molecule has 6 heteroatoms. The predicted molar refractivity (Wildman–Crippen MR) is 84.8 cm³/mol. The summed E-state index contributed by atoms with van der Waals surface area (Å²) < 4.78 is 0. The summed E-state index contributed by atoms with van der Waals surface area (Å²) in [6.07, 6.45) is 5.47. The van der Waals surface area contributed by atoms with E-state index in [4.69, 9.17) is 5.11 Å². The summed E-state index contributed by atoms with van der Waals surface area (Å²) in [5.41, 5.74) is 0. The molecule has 0 atom stereocenters. The summed E-state index contributed by atoms with van der Waals surface area (Å²) in [5.74, 6) is 0.0515. The Bertz CT molecular complexity index is 392. The van der Waals surface area contributed by atoms with Gasteiger partial charge in [-0.15, -0.1) is 0 Å². The largest absolute Gasteiger partial charge is 0.480 e. The van der Waals surface area contributed by atoms with Crippen molar-refractivity contribution < 1.29 is 14.7 Å². The minimum Gasteiger partial charge on any atom is -0.480 e. The van der Waals surface area contributed by atoms with Crippen LogP contribution in [0.2, 0.25) is 0 Å². The number of hydrogen-bond donors (Lipinski definition) is 2. The van der Waals surface area contributed by atoms with Crippen LogP contribution in [0.25, 0.3) is 0 Å². The van der Waals surface area contributed by atoms with Crippen molar-refractivity contribution in [2.45, 2.75) is 58.0 Å². The molecule has 22 heavy (non-hydrogen) atoms. The molecule has 0 aliphatic heterocycles. The van der Waals surface area contributed by atoms with Gasteiger partial charge in [0, 0.05) is 25.2 Å². The molecule has 0 aromatic carbocycles. The number of carboxylic acid groups (broad SMARTS) is 1. The molecule has 126 valence electrons. The standard InChI is InChI=1S/C16H29N3O3/c1-3-18(8-7-12-5-6-12)16(22)17-13-9-14(10-13)19(4-2)11-15(20)21/h12-14H,3-11H2,1-2H3,(H,17,22)(H,20,21). The zero-order valence-electron chi connectivity index (χ0n) is 13.8. The van der Waals surface area contributed by atoms with Gasteiger partial charge in [0.05, 0.1) is 6.54 Å². The number of hydrogen-bond acceptors (Lipinski definition) is 3. The van der Waals surface area contributed by atoms with Crippen molar-refractivity contribution in [2.24, 2.45) is 5.92 Å². The Labute approximate surface area is 132 Å². The predicted octanol–water partition coefficient (Wildman–Crippen LogP) is 1.76. The van der Waals surface area contributed by atoms with E-state index < -0.39 is 5.97 Å². The van der Waals surface area contributed by atoms with Gasteiger partial charge in [0.2, 0.25) is 0 Å². The topological polar surface area (TPSA) is 72.9 Å². The second-order valence-corrected chi connectivity index (χ2v) is 6.54. The van der Waals surface area contributed by atoms with E-state index in [0.29, 0.717) is 0 Å². The first-order valence-electron chi connectivity index (χ1n) is 8.54. The van der Waals surface area contributed by atoms with E-state index in [1.54, 1.807) is 0 Å². The van der Waals surface area contributed by atoms with Crippen LogP contribution in [-0.2, 0) is 4.79 Å². The van der Waals surface area contributed by atoms with E-state index in [1.165, 1.54) is 12.8 Å². The first kappa shape index (κ1) is 17.1. The van der Waals surface area contributed by atoms with Crippen LogP contribution in [-0.4, -0.2) is 65.2 Å². The van der Waals surface area contributed by atoms with Gasteiger partial charge in [-0.3, -0.25) is 9.69 Å². The molecule has 2 fully saturated rings. The minimum absolute atomic E-state index is 0.0351. The second kappa shape index (κ2) is 7.81. The summed E-state index contributed by atoms with van der Waals surface area (Å²) in [4.78, 5) is 26.9. The molecule has 0 radical (unpaired) electrons. The molecule has 0 unspecified atom stereocenters. The number of carbonyl (C=O) groups is 2. The Morgan fingerprint density at radius 1 is 1.18 bits per heavy atom. The molecular weight excluding hydrogens is 282 g/mol. The third kappa shape index (κ3) is 4.87. The van der Waals surface area contributed by atoms with Crippen LogP contribution < -0.4 is 5.32 Å². The first-order chi connectivity index (χ1) is 10.5. The fraction of sp³-hybridized carbons (Fsp3) is 0.875. The fourth-order valence-corrected chi connectivity index (χ4v) is 3.09. The Morgan fingerprint density at radius 2 is 1.86 bits per heavy atom. The molecule has 2 aliphatic rings. The molecule has 2 N–H and O–H groups in total. The van der Waals surface area contributed by atoms with Crippen LogP contribution in [0.5, 0.6) is 0 Å². The van der Waals surface area contributed by atoms with Crippen LogP contribution in [0.4, 0.5) is 4.79 Å². The van der Waals surface area contributed by atoms with Gasteiger partial charge in [0.1, 0.15) is 0 Å². The minimum atomic E-state index is -0.786. The van der Waals surface area contributed by atoms with E-state index in [9.17, 15) is 9.59 Å². The lowest BCUT2D eigenvalue weighted by Gasteiger charge is -2.42. The molecule has 0 heterocycles. The van der Waals surface area contributed by atoms with E-state index in [-0.39, 0.29) is 24.7 Å². The number of carbonyl (C=O) groups excluding carboxylic acids is 1. The van der Waals surface area contributed by atoms with Crippen molar-refractivity contribution in [3.05, 3.63) is 0 Å². The maximum atomic E-state index is 12.2. The highest BCUT2D eigenvalue weighted by atomic mass is 16.4. The zero-order valence-corrected chi connectivity index (χ0v) is 13.8. The van der Waals surface area contributed by atoms with Gasteiger partial charge in [0.15, 0.2) is 0 Å². The molecule has 0 spiro atoms. The van der Waals surface area contributed by atoms with Crippen molar-refractivity contribution in [2.75, 3.05) is 26.2 Å². The first-order valence-corrected chi connectivity index (χ1v) is 8.54. The highest BCUT2D eigenvalue weighted by molar-refractivity contribution is 5.74. The van der Waals surface area contributed by atoms with E-state index in [1.807, 2.05) is 23.6 Å². The number of urea groups is 1. The highest BCUT2D eigenvalue weighted by Crippen LogP contribution is 2.32. The number of amides is 2. The number of carboxylic acids is 1. The molecule has 2 amide bonds. The van der Waals surface area contributed by atoms with Crippen molar-refractivity contribution in [1.29, 1.82) is 0 Å². The Morgan fingerprint density at radius 3 is 2.36 bits per heavy atom. The van der Waals surface area contributed by atoms with Crippen LogP contribution >= 0.6 is 0 Å². The fourth-order valence-electron chi connectivity index (χ4n) is 3.09. The van der Waals surface area contributed by atoms with E-state index >= 15 is 0 Å². The SMILES string of the molecule is CCN(CCC1CC1)C(=O)NC1CC(N(CC)CC(=O)O)C1. The lowest BCUT2D eigenvalue weighted by molar-refractivity contribution is -0.139. The van der Waals surface area contributed by atoms with Crippen LogP contribution in [0, 0.1) is 5.92 Å². The van der Waals surface area contributed by atoms with E-state index in [2.05, 4.69) is 5.32 Å². The summed E-state index contributed by atoms with van der Waals surface area (Å²) in [6, 6.07) is 0.510. The zero-order chi connectivity index (χ0) is 16.1. The normalized spacial score (nSPS) is 24.0. The molecule has 2 saturated carbocycles. The average molecular weight is 311 g/mol. The molecule has 2 aliphatic carbocycles. The maximum absolute atomic E-state index is 12.2. The lowest BCUT2D eigenvalue weighted by atomic mass is 9.85. The molecule has 0 saturated heterocycles. The quantitative estimate of drug-likeness (QED) is 0.680. The Kier molecular flexibility index (Phi) is 6.06. The number of rotatable bonds is 9. The number of nitrogens with one attached hydrogen (secondary N) is 1. The Balaban J connectivity index is 1.68. The van der Waals surface area contributed by atoms with Crippen LogP contribution in [0.15, 0.2) is 0 Å². The van der Waals surface area contributed by atoms with Gasteiger partial charge < -0.3 is 15.3 Å². The second-order valence-electron chi connectivity index (χ2n) is 6.54. The lowest BCUT2D eigenvalue weighted by Crippen LogP contribution is -2.56. The number of likely N-dealkylation sites (N-methyl/N-ethyl adjacent to an activating group) is 1. The molecular formula is C16H29N3O3. The van der Waals surface area contributed by atoms with Crippen molar-refractivity contribution in [3.8, 4) is 0 Å². The van der Waals surface area contributed by atoms with Crippen molar-refractivity contribution in [1.82, 2.24) is 15.1 Å². The maximum Gasteiger partial charge on any atom is 0.317 e. The van der Waals surface area contributed by atoms with Gasteiger partial charge in [-0.1, -0.05) is 19.8 Å². The number of nitrogens with zero attached hydrogens (tertiary/aromatic N) is 2. The third-order valence-electron chi connectivity index (χ3n) is 4.87. The average Bonchev–Trinajstić information content (AvgIpc) is 3.24. The monoisotopic (exact) mass is 311 g/mol. The van der Waals surface area contributed by atoms with Crippen molar-refractivity contribution in [3.63, 3.8) is 0 Å². The van der Waals surface area contributed by atoms with Crippen LogP contribution in [0.3, 0.4) is 0 Å². The van der Waals surface area contributed by atoms with Gasteiger partial charge >= 0.3 is 12.0 Å². The highest BCUT2D eigenvalue weighted by Gasteiger charge is 2.35. The summed E-state index contributed by atoms with van der Waals surface area (Å²) in [7, 11) is 0. The molecule has 2 rings (SSSR count). The molecule has 0 aromatic rings. The molecule has 0 aromatic heterocycles. The van der Waals surface area contributed by atoms with Gasteiger partial charge in [0.25, 0.3) is 0 Å². The molecule has 6 nitrogen and oxygen atoms in total. The molecule has 0 bridgehead atoms. The van der Waals surface area contributed by atoms with Gasteiger partial charge in [-0.25, -0.2) is 4.79 Å². The van der Waals surface area contributed by atoms with Crippen molar-refractivity contribution >= 4 is 12.0 Å². The third-order valence-corrected chi connectivity index (χ3v) is 4.87. The summed E-state index contributed by atoms with van der Waals surface area (Å²) in [6.45, 7) is 6.41. The Hall–Kier alpha value is -1.30. The number of aliphatic carboxylic acids is 1. The van der Waals surface area contributed by atoms with Gasteiger partial charge in [-0.05, 0) is 38.6 Å².